The summed E-state index contributed by atoms with van der Waals surface area (Å²) in [6, 6.07) is 18.9. The van der Waals surface area contributed by atoms with Crippen molar-refractivity contribution >= 4 is 11.4 Å². The van der Waals surface area contributed by atoms with Crippen molar-refractivity contribution in [3.05, 3.63) is 72.8 Å². The van der Waals surface area contributed by atoms with E-state index in [0.717, 1.165) is 37.8 Å². The van der Waals surface area contributed by atoms with Crippen molar-refractivity contribution in [3.63, 3.8) is 0 Å². The Kier molecular flexibility index (Phi) is 5.53. The average molecular weight is 421 g/mol. The zero-order chi connectivity index (χ0) is 21.1. The summed E-state index contributed by atoms with van der Waals surface area (Å²) in [6.07, 6.45) is 3.63. The van der Waals surface area contributed by atoms with Crippen LogP contribution in [0.15, 0.2) is 67.0 Å². The maximum Gasteiger partial charge on any atom is 0.264 e. The monoisotopic (exact) mass is 420 g/mol. The van der Waals surface area contributed by atoms with E-state index in [-0.39, 0.29) is 6.61 Å². The van der Waals surface area contributed by atoms with Crippen LogP contribution in [0.4, 0.5) is 11.4 Å². The molecule has 7 heteroatoms. The summed E-state index contributed by atoms with van der Waals surface area (Å²) in [5.41, 5.74) is 2.51. The zero-order valence-electron chi connectivity index (χ0n) is 17.8. The third-order valence-corrected chi connectivity index (χ3v) is 5.95. The summed E-state index contributed by atoms with van der Waals surface area (Å²) in [5, 5.41) is 0. The molecule has 0 bridgehead atoms. The number of hydrogen-bond donors (Lipinski definition) is 0. The van der Waals surface area contributed by atoms with Crippen LogP contribution in [0.5, 0.6) is 5.75 Å². The molecule has 2 aliphatic heterocycles. The largest absolute Gasteiger partial charge is 0.487 e. The summed E-state index contributed by atoms with van der Waals surface area (Å²) in [5.74, 6) is 0.558. The number of imidazole rings is 1. The van der Waals surface area contributed by atoms with E-state index in [2.05, 4.69) is 57.2 Å². The maximum absolute atomic E-state index is 6.06. The summed E-state index contributed by atoms with van der Waals surface area (Å²) in [4.78, 5) is 9.26. The molecule has 1 aromatic heterocycles. The van der Waals surface area contributed by atoms with Crippen LogP contribution in [0, 0.1) is 0 Å². The minimum atomic E-state index is -0.954. The van der Waals surface area contributed by atoms with Gasteiger partial charge in [-0.1, -0.05) is 18.2 Å². The normalized spacial score (nSPS) is 18.4. The number of rotatable bonds is 6. The molecule has 31 heavy (non-hydrogen) atoms. The van der Waals surface area contributed by atoms with Crippen LogP contribution in [0.3, 0.4) is 0 Å². The molecule has 2 aliphatic rings. The number of nitrogens with zero attached hydrogens (tertiary/aromatic N) is 4. The van der Waals surface area contributed by atoms with Crippen molar-refractivity contribution in [1.82, 2.24) is 9.55 Å². The molecule has 0 saturated carbocycles. The Balaban J connectivity index is 1.19. The quantitative estimate of drug-likeness (QED) is 0.611. The number of hydrogen-bond acceptors (Lipinski definition) is 6. The summed E-state index contributed by atoms with van der Waals surface area (Å²) in [6.45, 7) is 5.35. The first-order valence-corrected chi connectivity index (χ1v) is 10.8. The van der Waals surface area contributed by atoms with E-state index in [1.165, 1.54) is 11.4 Å². The lowest BCUT2D eigenvalue weighted by atomic mass is 10.2. The molecule has 2 fully saturated rings. The number of aromatic nitrogens is 2. The van der Waals surface area contributed by atoms with E-state index in [9.17, 15) is 0 Å². The first-order chi connectivity index (χ1) is 15.2. The Morgan fingerprint density at radius 1 is 0.871 bits per heavy atom. The topological polar surface area (TPSA) is 52.0 Å². The second-order valence-corrected chi connectivity index (χ2v) is 7.90. The molecule has 0 aliphatic carbocycles. The molecule has 0 spiro atoms. The SMILES string of the molecule is Cn1ccnc1C1(COc2ccc(N3CCN(c4ccccc4)CC3)cc2)OCCO1. The van der Waals surface area contributed by atoms with Crippen molar-refractivity contribution < 1.29 is 14.2 Å². The molecule has 0 amide bonds. The van der Waals surface area contributed by atoms with E-state index in [1.807, 2.05) is 29.9 Å². The third kappa shape index (κ3) is 4.11. The number of aryl methyl sites for hydroxylation is 1. The Morgan fingerprint density at radius 2 is 1.48 bits per heavy atom. The van der Waals surface area contributed by atoms with Crippen LogP contribution >= 0.6 is 0 Å². The van der Waals surface area contributed by atoms with Crippen LogP contribution in [0.25, 0.3) is 0 Å². The lowest BCUT2D eigenvalue weighted by Gasteiger charge is -2.37. The van der Waals surface area contributed by atoms with Crippen molar-refractivity contribution in [2.45, 2.75) is 5.79 Å². The maximum atomic E-state index is 6.06. The van der Waals surface area contributed by atoms with E-state index in [1.54, 1.807) is 6.20 Å². The zero-order valence-corrected chi connectivity index (χ0v) is 17.8. The number of anilines is 2. The van der Waals surface area contributed by atoms with Gasteiger partial charge in [-0.2, -0.15) is 0 Å². The molecule has 3 aromatic rings. The third-order valence-electron chi connectivity index (χ3n) is 5.95. The molecule has 0 radical (unpaired) electrons. The highest BCUT2D eigenvalue weighted by Crippen LogP contribution is 2.31. The van der Waals surface area contributed by atoms with Crippen molar-refractivity contribution in [3.8, 4) is 5.75 Å². The Labute approximate surface area is 182 Å². The van der Waals surface area contributed by atoms with Gasteiger partial charge in [0.1, 0.15) is 12.4 Å². The van der Waals surface area contributed by atoms with Crippen LogP contribution in [0.2, 0.25) is 0 Å². The van der Waals surface area contributed by atoms with E-state index in [0.29, 0.717) is 13.2 Å². The van der Waals surface area contributed by atoms with Gasteiger partial charge < -0.3 is 28.6 Å². The smallest absolute Gasteiger partial charge is 0.264 e. The lowest BCUT2D eigenvalue weighted by molar-refractivity contribution is -0.192. The first-order valence-electron chi connectivity index (χ1n) is 10.8. The van der Waals surface area contributed by atoms with E-state index < -0.39 is 5.79 Å². The second kappa shape index (κ2) is 8.61. The van der Waals surface area contributed by atoms with E-state index in [4.69, 9.17) is 14.2 Å². The molecule has 5 rings (SSSR count). The van der Waals surface area contributed by atoms with Gasteiger partial charge in [-0.25, -0.2) is 4.98 Å². The highest BCUT2D eigenvalue weighted by molar-refractivity contribution is 5.52. The summed E-state index contributed by atoms with van der Waals surface area (Å²) < 4.78 is 19.8. The first kappa shape index (κ1) is 19.9. The molecule has 3 heterocycles. The van der Waals surface area contributed by atoms with Gasteiger partial charge in [-0.05, 0) is 36.4 Å². The molecular formula is C24H28N4O3. The molecular weight excluding hydrogens is 392 g/mol. The standard InChI is InChI=1S/C24H28N4O3/c1-26-12-11-25-23(26)24(30-17-18-31-24)19-29-22-9-7-21(8-10-22)28-15-13-27(14-16-28)20-5-3-2-4-6-20/h2-12H,13-19H2,1H3. The Bertz CT molecular complexity index is 976. The van der Waals surface area contributed by atoms with Crippen LogP contribution in [0.1, 0.15) is 5.82 Å². The Hall–Kier alpha value is -3.03. The predicted octanol–water partition coefficient (Wildman–Crippen LogP) is 3.03. The lowest BCUT2D eigenvalue weighted by Crippen LogP contribution is -2.46. The molecule has 2 aromatic carbocycles. The van der Waals surface area contributed by atoms with Gasteiger partial charge in [-0.3, -0.25) is 0 Å². The minimum absolute atomic E-state index is 0.257. The van der Waals surface area contributed by atoms with Gasteiger partial charge in [0, 0.05) is 57.0 Å². The molecule has 0 N–H and O–H groups in total. The van der Waals surface area contributed by atoms with Gasteiger partial charge in [0.25, 0.3) is 5.79 Å². The molecule has 162 valence electrons. The fourth-order valence-electron chi connectivity index (χ4n) is 4.26. The van der Waals surface area contributed by atoms with Gasteiger partial charge in [0.15, 0.2) is 5.82 Å². The summed E-state index contributed by atoms with van der Waals surface area (Å²) in [7, 11) is 1.93. The molecule has 7 nitrogen and oxygen atoms in total. The molecule has 0 unspecified atom stereocenters. The number of para-hydroxylation sites is 1. The van der Waals surface area contributed by atoms with Crippen LogP contribution in [-0.4, -0.2) is 55.6 Å². The van der Waals surface area contributed by atoms with Crippen LogP contribution < -0.4 is 14.5 Å². The van der Waals surface area contributed by atoms with Gasteiger partial charge in [0.05, 0.1) is 13.2 Å². The minimum Gasteiger partial charge on any atom is -0.487 e. The number of benzene rings is 2. The van der Waals surface area contributed by atoms with E-state index >= 15 is 0 Å². The average Bonchev–Trinajstić information content (AvgIpc) is 3.48. The van der Waals surface area contributed by atoms with Crippen molar-refractivity contribution in [2.24, 2.45) is 7.05 Å². The predicted molar refractivity (Wildman–Crippen MR) is 120 cm³/mol. The van der Waals surface area contributed by atoms with Crippen LogP contribution in [-0.2, 0) is 22.3 Å². The molecule has 2 saturated heterocycles. The number of ether oxygens (including phenoxy) is 3. The van der Waals surface area contributed by atoms with Crippen molar-refractivity contribution in [2.75, 3.05) is 55.8 Å². The molecule has 0 atom stereocenters. The fourth-order valence-corrected chi connectivity index (χ4v) is 4.26. The highest BCUT2D eigenvalue weighted by Gasteiger charge is 2.43. The highest BCUT2D eigenvalue weighted by atomic mass is 16.8. The summed E-state index contributed by atoms with van der Waals surface area (Å²) >= 11 is 0. The van der Waals surface area contributed by atoms with Gasteiger partial charge >= 0.3 is 0 Å². The Morgan fingerprint density at radius 3 is 2.06 bits per heavy atom. The van der Waals surface area contributed by atoms with Gasteiger partial charge in [-0.15, -0.1) is 0 Å². The fraction of sp³-hybridized carbons (Fsp3) is 0.375. The second-order valence-electron chi connectivity index (χ2n) is 7.90. The van der Waals surface area contributed by atoms with Gasteiger partial charge in [0.2, 0.25) is 0 Å². The van der Waals surface area contributed by atoms with Crippen molar-refractivity contribution in [1.29, 1.82) is 0 Å². The number of piperazine rings is 1.